The lowest BCUT2D eigenvalue weighted by molar-refractivity contribution is 1.18. The molecule has 0 aliphatic carbocycles. The fourth-order valence-electron chi connectivity index (χ4n) is 6.08. The third-order valence-electron chi connectivity index (χ3n) is 8.05. The third-order valence-corrected chi connectivity index (χ3v) is 10.5. The van der Waals surface area contributed by atoms with Crippen LogP contribution in [0.5, 0.6) is 0 Å². The van der Waals surface area contributed by atoms with E-state index in [1.165, 1.54) is 46.3 Å². The second kappa shape index (κ2) is 9.73. The molecule has 3 nitrogen and oxygen atoms in total. The van der Waals surface area contributed by atoms with Gasteiger partial charge >= 0.3 is 0 Å². The van der Waals surface area contributed by atoms with E-state index >= 15 is 0 Å². The molecule has 0 N–H and O–H groups in total. The van der Waals surface area contributed by atoms with Gasteiger partial charge in [-0.25, -0.2) is 9.97 Å². The predicted octanol–water partition coefficient (Wildman–Crippen LogP) is 11.0. The lowest BCUT2D eigenvalue weighted by atomic mass is 10.0. The SMILES string of the molecule is c1ccc(-c2cc(-c3ccc4sc5sc6c7ccccc7n(-c7ccccc7)c6c5c4c3)nc(-c3ccccc3)n2)cc1. The van der Waals surface area contributed by atoms with Crippen molar-refractivity contribution < 1.29 is 0 Å². The first-order valence-corrected chi connectivity index (χ1v) is 15.9. The monoisotopic (exact) mass is 585 g/mol. The second-order valence-corrected chi connectivity index (χ2v) is 13.0. The van der Waals surface area contributed by atoms with E-state index in [1.807, 2.05) is 46.9 Å². The molecule has 0 aliphatic heterocycles. The lowest BCUT2D eigenvalue weighted by Crippen LogP contribution is -1.95. The molecule has 5 heteroatoms. The van der Waals surface area contributed by atoms with Crippen molar-refractivity contribution in [1.82, 2.24) is 14.5 Å². The summed E-state index contributed by atoms with van der Waals surface area (Å²) in [6.07, 6.45) is 0. The van der Waals surface area contributed by atoms with Gasteiger partial charge in [0.15, 0.2) is 5.82 Å². The van der Waals surface area contributed by atoms with Crippen LogP contribution in [0.4, 0.5) is 0 Å². The van der Waals surface area contributed by atoms with Gasteiger partial charge in [-0.15, -0.1) is 22.7 Å². The van der Waals surface area contributed by atoms with Crippen LogP contribution in [0, 0.1) is 0 Å². The van der Waals surface area contributed by atoms with Crippen molar-refractivity contribution in [2.45, 2.75) is 0 Å². The number of fused-ring (bicyclic) bond motifs is 7. The van der Waals surface area contributed by atoms with Gasteiger partial charge in [-0.3, -0.25) is 0 Å². The normalized spacial score (nSPS) is 11.7. The lowest BCUT2D eigenvalue weighted by Gasteiger charge is -2.10. The average molecular weight is 586 g/mol. The minimum Gasteiger partial charge on any atom is -0.308 e. The van der Waals surface area contributed by atoms with Gasteiger partial charge in [0.2, 0.25) is 0 Å². The van der Waals surface area contributed by atoms with Crippen molar-refractivity contribution in [3.63, 3.8) is 0 Å². The molecule has 0 radical (unpaired) electrons. The summed E-state index contributed by atoms with van der Waals surface area (Å²) in [4.78, 5) is 10.1. The molecule has 0 saturated carbocycles. The summed E-state index contributed by atoms with van der Waals surface area (Å²) < 4.78 is 6.42. The molecule has 0 amide bonds. The molecule has 5 aromatic carbocycles. The fraction of sp³-hybridized carbons (Fsp3) is 0. The van der Waals surface area contributed by atoms with Gasteiger partial charge in [-0.05, 0) is 36.4 Å². The molecule has 43 heavy (non-hydrogen) atoms. The van der Waals surface area contributed by atoms with Gasteiger partial charge in [0, 0.05) is 43.2 Å². The van der Waals surface area contributed by atoms with Crippen LogP contribution in [0.25, 0.3) is 80.2 Å². The molecule has 9 aromatic rings. The molecule has 0 fully saturated rings. The summed E-state index contributed by atoms with van der Waals surface area (Å²) >= 11 is 3.79. The smallest absolute Gasteiger partial charge is 0.160 e. The Labute approximate surface area is 256 Å². The maximum absolute atomic E-state index is 5.11. The zero-order valence-corrected chi connectivity index (χ0v) is 24.6. The van der Waals surface area contributed by atoms with E-state index in [2.05, 4.69) is 120 Å². The maximum atomic E-state index is 5.11. The van der Waals surface area contributed by atoms with Crippen LogP contribution in [0.3, 0.4) is 0 Å². The summed E-state index contributed by atoms with van der Waals surface area (Å²) in [6, 6.07) is 49.0. The Hall–Kier alpha value is -5.10. The minimum absolute atomic E-state index is 0.731. The van der Waals surface area contributed by atoms with Crippen LogP contribution in [-0.4, -0.2) is 14.5 Å². The van der Waals surface area contributed by atoms with E-state index in [4.69, 9.17) is 9.97 Å². The number of thiophene rings is 2. The number of rotatable bonds is 4. The predicted molar refractivity (Wildman–Crippen MR) is 183 cm³/mol. The van der Waals surface area contributed by atoms with Crippen molar-refractivity contribution in [3.8, 4) is 39.6 Å². The highest BCUT2D eigenvalue weighted by Gasteiger charge is 2.21. The second-order valence-electron chi connectivity index (χ2n) is 10.6. The molecule has 0 saturated heterocycles. The first-order chi connectivity index (χ1) is 21.3. The average Bonchev–Trinajstić information content (AvgIpc) is 3.72. The van der Waals surface area contributed by atoms with Crippen LogP contribution in [0.15, 0.2) is 140 Å². The molecule has 0 aliphatic rings. The van der Waals surface area contributed by atoms with Gasteiger partial charge in [-0.1, -0.05) is 103 Å². The van der Waals surface area contributed by atoms with Gasteiger partial charge in [-0.2, -0.15) is 0 Å². The molecular weight excluding hydrogens is 563 g/mol. The Morgan fingerprint density at radius 2 is 1.16 bits per heavy atom. The van der Waals surface area contributed by atoms with E-state index in [9.17, 15) is 0 Å². The van der Waals surface area contributed by atoms with E-state index in [0.717, 1.165) is 33.9 Å². The molecule has 0 spiro atoms. The van der Waals surface area contributed by atoms with Crippen molar-refractivity contribution in [3.05, 3.63) is 140 Å². The first-order valence-electron chi connectivity index (χ1n) is 14.3. The molecule has 202 valence electrons. The zero-order valence-electron chi connectivity index (χ0n) is 22.9. The third kappa shape index (κ3) is 3.93. The summed E-state index contributed by atoms with van der Waals surface area (Å²) in [5, 5.41) is 3.89. The van der Waals surface area contributed by atoms with E-state index in [1.54, 1.807) is 0 Å². The van der Waals surface area contributed by atoms with Gasteiger partial charge in [0.1, 0.15) is 0 Å². The number of para-hydroxylation sites is 2. The molecule has 0 bridgehead atoms. The largest absolute Gasteiger partial charge is 0.308 e. The highest BCUT2D eigenvalue weighted by atomic mass is 32.2. The summed E-state index contributed by atoms with van der Waals surface area (Å²) in [7, 11) is 0. The maximum Gasteiger partial charge on any atom is 0.160 e. The first kappa shape index (κ1) is 24.5. The number of benzene rings is 5. The topological polar surface area (TPSA) is 30.7 Å². The number of hydrogen-bond acceptors (Lipinski definition) is 4. The van der Waals surface area contributed by atoms with Crippen molar-refractivity contribution in [2.24, 2.45) is 0 Å². The van der Waals surface area contributed by atoms with Crippen molar-refractivity contribution in [2.75, 3.05) is 0 Å². The standard InChI is InChI=1S/C38H23N3S2/c1-4-12-24(13-5-1)30-23-31(40-37(39-30)25-14-6-2-7-15-25)26-20-21-33-29(22-26)34-35-36(43-38(34)42-33)28-18-10-11-19-32(28)41(35)27-16-8-3-9-17-27/h1-23H. The summed E-state index contributed by atoms with van der Waals surface area (Å²) in [6.45, 7) is 0. The Morgan fingerprint density at radius 1 is 0.512 bits per heavy atom. The fourth-order valence-corrected chi connectivity index (χ4v) is 8.74. The Balaban J connectivity index is 1.32. The van der Waals surface area contributed by atoms with Crippen LogP contribution < -0.4 is 0 Å². The summed E-state index contributed by atoms with van der Waals surface area (Å²) in [5.41, 5.74) is 8.72. The molecular formula is C38H23N3S2. The van der Waals surface area contributed by atoms with Gasteiger partial charge in [0.05, 0.1) is 31.1 Å². The van der Waals surface area contributed by atoms with Gasteiger partial charge < -0.3 is 4.57 Å². The molecule has 9 rings (SSSR count). The Bertz CT molecular complexity index is 2380. The Kier molecular flexibility index (Phi) is 5.54. The molecule has 4 heterocycles. The van der Waals surface area contributed by atoms with E-state index in [0.29, 0.717) is 0 Å². The van der Waals surface area contributed by atoms with Crippen LogP contribution in [0.1, 0.15) is 0 Å². The summed E-state index contributed by atoms with van der Waals surface area (Å²) in [5.74, 6) is 0.731. The highest BCUT2D eigenvalue weighted by Crippen LogP contribution is 2.49. The Morgan fingerprint density at radius 3 is 1.93 bits per heavy atom. The number of nitrogens with zero attached hydrogens (tertiary/aromatic N) is 3. The number of hydrogen-bond donors (Lipinski definition) is 0. The highest BCUT2D eigenvalue weighted by molar-refractivity contribution is 7.45. The van der Waals surface area contributed by atoms with Crippen LogP contribution in [0.2, 0.25) is 0 Å². The van der Waals surface area contributed by atoms with Crippen LogP contribution in [-0.2, 0) is 0 Å². The van der Waals surface area contributed by atoms with E-state index < -0.39 is 0 Å². The van der Waals surface area contributed by atoms with Crippen molar-refractivity contribution >= 4 is 63.3 Å². The van der Waals surface area contributed by atoms with Gasteiger partial charge in [0.25, 0.3) is 0 Å². The molecule has 0 atom stereocenters. The molecule has 4 aromatic heterocycles. The van der Waals surface area contributed by atoms with E-state index in [-0.39, 0.29) is 0 Å². The quantitative estimate of drug-likeness (QED) is 0.206. The minimum atomic E-state index is 0.731. The zero-order chi connectivity index (χ0) is 28.3. The number of aromatic nitrogens is 3. The molecule has 0 unspecified atom stereocenters. The van der Waals surface area contributed by atoms with Crippen molar-refractivity contribution in [1.29, 1.82) is 0 Å². The van der Waals surface area contributed by atoms with Crippen LogP contribution >= 0.6 is 22.7 Å².